The summed E-state index contributed by atoms with van der Waals surface area (Å²) in [7, 11) is -18.3. The number of sulfonamides is 2. The van der Waals surface area contributed by atoms with E-state index in [9.17, 15) is 51.6 Å². The van der Waals surface area contributed by atoms with Gasteiger partial charge in [-0.2, -0.15) is 9.15 Å². The number of carbonyl (C=O) groups excluding carboxylic acids is 2. The Morgan fingerprint density at radius 3 is 1.43 bits per heavy atom. The van der Waals surface area contributed by atoms with Gasteiger partial charge in [0.05, 0.1) is 62.7 Å². The van der Waals surface area contributed by atoms with Crippen LogP contribution in [0.3, 0.4) is 0 Å². The molecule has 0 saturated heterocycles. The molecule has 2 aliphatic heterocycles. The summed E-state index contributed by atoms with van der Waals surface area (Å²) in [6.45, 7) is 15.4. The zero-order chi connectivity index (χ0) is 76.1. The Hall–Kier alpha value is -10.2. The molecule has 0 spiro atoms. The molecule has 0 amide bonds. The van der Waals surface area contributed by atoms with Crippen LogP contribution in [0.5, 0.6) is 0 Å². The summed E-state index contributed by atoms with van der Waals surface area (Å²) < 4.78 is 138. The molecule has 14 rings (SSSR count). The first-order valence-electron chi connectivity index (χ1n) is 35.4. The van der Waals surface area contributed by atoms with Crippen LogP contribution >= 0.6 is 7.81 Å². The average Bonchev–Trinajstić information content (AvgIpc) is 1.55. The zero-order valence-electron chi connectivity index (χ0n) is 60.2. The van der Waals surface area contributed by atoms with Crippen molar-refractivity contribution in [3.8, 4) is 0 Å². The molecule has 560 valence electrons. The van der Waals surface area contributed by atoms with Crippen LogP contribution in [0.4, 0.5) is 47.9 Å². The van der Waals surface area contributed by atoms with Crippen molar-refractivity contribution in [3.63, 3.8) is 0 Å². The van der Waals surface area contributed by atoms with Crippen molar-refractivity contribution in [2.45, 2.75) is 77.3 Å². The first-order chi connectivity index (χ1) is 51.2. The summed E-state index contributed by atoms with van der Waals surface area (Å²) in [5.41, 5.74) is 9.66. The minimum Gasteiger partial charge on any atom is -1.00 e. The van der Waals surface area contributed by atoms with E-state index in [2.05, 4.69) is 141 Å². The molecule has 24 heteroatoms. The minimum atomic E-state index is -10.7. The van der Waals surface area contributed by atoms with E-state index in [1.165, 1.54) is 30.2 Å². The maximum Gasteiger partial charge on any atom is -1.00 e. The van der Waals surface area contributed by atoms with Gasteiger partial charge in [-0.3, -0.25) is 18.2 Å². The largest absolute Gasteiger partial charge is 1.00 e. The van der Waals surface area contributed by atoms with E-state index < -0.39 is 27.9 Å². The van der Waals surface area contributed by atoms with Gasteiger partial charge in [0, 0.05) is 105 Å². The van der Waals surface area contributed by atoms with Gasteiger partial charge in [0.2, 0.25) is 22.8 Å². The molecule has 108 heavy (non-hydrogen) atoms. The molecule has 4 heterocycles. The van der Waals surface area contributed by atoms with E-state index in [4.69, 9.17) is 9.47 Å². The Morgan fingerprint density at radius 1 is 0.444 bits per heavy atom. The van der Waals surface area contributed by atoms with Crippen LogP contribution in [-0.2, 0) is 52.2 Å². The molecule has 10 aromatic carbocycles. The second kappa shape index (κ2) is 31.9. The number of ether oxygens (including phenoxy) is 2. The molecule has 0 bridgehead atoms. The van der Waals surface area contributed by atoms with Gasteiger partial charge in [0.15, 0.2) is 6.54 Å². The Kier molecular flexibility index (Phi) is 23.3. The second-order valence-corrected chi connectivity index (χ2v) is 30.8. The Morgan fingerprint density at radius 2 is 0.880 bits per heavy atom. The molecule has 0 N–H and O–H groups in total. The summed E-state index contributed by atoms with van der Waals surface area (Å²) >= 11 is 0. The third kappa shape index (κ3) is 16.6. The van der Waals surface area contributed by atoms with Gasteiger partial charge in [-0.15, -0.1) is 0 Å². The number of benzene rings is 10. The molecule has 14 nitrogen and oxygen atoms in total. The monoisotopic (exact) mass is 1640 g/mol. The first kappa shape index (κ1) is 78.9. The maximum absolute atomic E-state index is 14.2. The number of carbonyl (C=O) groups is 2. The van der Waals surface area contributed by atoms with Crippen molar-refractivity contribution in [2.75, 3.05) is 48.0 Å². The van der Waals surface area contributed by atoms with Crippen LogP contribution in [0.15, 0.2) is 253 Å². The second-order valence-electron chi connectivity index (χ2n) is 25.2. The Balaban J connectivity index is 0.000000202. The predicted octanol–water partition coefficient (Wildman–Crippen LogP) is 16.2. The predicted molar refractivity (Wildman–Crippen MR) is 421 cm³/mol. The van der Waals surface area contributed by atoms with Crippen molar-refractivity contribution in [1.29, 1.82) is 0 Å². The fourth-order valence-corrected chi connectivity index (χ4v) is 17.9. The molecule has 2 aromatic heterocycles. The summed E-state index contributed by atoms with van der Waals surface area (Å²) in [6, 6.07) is 62.9. The number of allylic oxidation sites excluding steroid dienone is 8. The molecule has 0 fully saturated rings. The van der Waals surface area contributed by atoms with Crippen molar-refractivity contribution in [2.24, 2.45) is 0 Å². The molecule has 0 aliphatic carbocycles. The van der Waals surface area contributed by atoms with Crippen LogP contribution in [0.2, 0.25) is 0 Å². The molecule has 0 unspecified atom stereocenters. The number of anilines is 2. The molecular weight excluding hydrogens is 1560 g/mol. The van der Waals surface area contributed by atoms with Gasteiger partial charge >= 0.3 is 44.9 Å². The van der Waals surface area contributed by atoms with Crippen LogP contribution in [-0.4, -0.2) is 97.9 Å². The number of rotatable bonds is 24. The van der Waals surface area contributed by atoms with Gasteiger partial charge in [0.25, 0.3) is 20.0 Å². The smallest absolute Gasteiger partial charge is 1.00 e. The van der Waals surface area contributed by atoms with E-state index in [1.807, 2.05) is 161 Å². The standard InChI is InChI=1S/C47H45N4O4S2.C37H35N2O4.F6P.HI/c1-5-48-40(36-24-18-26-38-44(32-30-42(48)46(36)38)56(52,53)50(7-3)34-20-12-9-13-21-34)28-16-11-17-29-41-37-25-19-27-39-45(33-31-43(47(37)39)49(41)6-2)57(54,55)51(8-4)35-22-14-10-15-23-35;1-3-42-34(40)22-24-38-30(28-16-8-12-26-14-10-20-32(38)36(26)28)18-6-5-7-19-31-29-17-9-13-27-15-11-21-33(37(27)29)39(31)25-23-35(41)43-4-2;1-7(2,3,4,5)6;/h9-33H,5-8H2,1-4H3;5-21H,3-4,22-25H2,1-2H3;;1H/q2*+1;-1;/p-1. The van der Waals surface area contributed by atoms with Gasteiger partial charge in [-0.05, 0) is 125 Å². The summed E-state index contributed by atoms with van der Waals surface area (Å²) in [5, 5.41) is 12.2. The van der Waals surface area contributed by atoms with Gasteiger partial charge in [-0.25, -0.2) is 16.8 Å². The molecule has 0 saturated carbocycles. The van der Waals surface area contributed by atoms with Crippen LogP contribution in [0, 0.1) is 0 Å². The molecular formula is C84H80F6IN6O8PS2. The number of esters is 2. The normalized spacial score (nSPS) is 14.1. The van der Waals surface area contributed by atoms with Crippen molar-refractivity contribution in [1.82, 2.24) is 9.13 Å². The van der Waals surface area contributed by atoms with Gasteiger partial charge in [0.1, 0.15) is 13.0 Å². The first-order valence-corrected chi connectivity index (χ1v) is 40.3. The number of hydrogen-bond donors (Lipinski definition) is 0. The average molecular weight is 1640 g/mol. The number of aromatic nitrogens is 2. The van der Waals surface area contributed by atoms with Crippen LogP contribution < -0.4 is 43.3 Å². The number of hydrogen-bond acceptors (Lipinski definition) is 8. The van der Waals surface area contributed by atoms with Crippen molar-refractivity contribution in [3.05, 3.63) is 265 Å². The van der Waals surface area contributed by atoms with Crippen LogP contribution in [0.25, 0.3) is 77.0 Å². The zero-order valence-corrected chi connectivity index (χ0v) is 64.9. The number of para-hydroxylation sites is 2. The van der Waals surface area contributed by atoms with E-state index in [-0.39, 0.29) is 35.9 Å². The number of halogens is 7. The number of aryl methyl sites for hydroxylation is 2. The minimum absolute atomic E-state index is 0. The van der Waals surface area contributed by atoms with Gasteiger partial charge in [-0.1, -0.05) is 158 Å². The maximum atomic E-state index is 14.2. The Labute approximate surface area is 639 Å². The van der Waals surface area contributed by atoms with Crippen molar-refractivity contribution >= 4 is 151 Å². The molecule has 12 aromatic rings. The van der Waals surface area contributed by atoms with E-state index in [0.717, 1.165) is 77.2 Å². The van der Waals surface area contributed by atoms with E-state index in [0.29, 0.717) is 97.3 Å². The Bertz CT molecular complexity index is 6010. The quantitative estimate of drug-likeness (QED) is 0.0145. The molecule has 0 atom stereocenters. The molecule has 0 radical (unpaired) electrons. The summed E-state index contributed by atoms with van der Waals surface area (Å²) in [6.07, 6.45) is 21.1. The summed E-state index contributed by atoms with van der Waals surface area (Å²) in [4.78, 5) is 25.0. The number of nitrogens with zero attached hydrogens (tertiary/aromatic N) is 6. The van der Waals surface area contributed by atoms with Crippen LogP contribution in [0.1, 0.15) is 65.5 Å². The van der Waals surface area contributed by atoms with E-state index >= 15 is 0 Å². The molecule has 2 aliphatic rings. The van der Waals surface area contributed by atoms with Gasteiger partial charge < -0.3 is 42.6 Å². The fourth-order valence-electron chi connectivity index (χ4n) is 14.5. The fraction of sp³-hybridized carbons (Fsp3) is 0.190. The van der Waals surface area contributed by atoms with E-state index in [1.54, 1.807) is 12.1 Å². The third-order valence-corrected chi connectivity index (χ3v) is 22.7. The topological polar surface area (TPSA) is 143 Å². The summed E-state index contributed by atoms with van der Waals surface area (Å²) in [5.74, 6) is -0.388. The third-order valence-electron chi connectivity index (χ3n) is 18.7. The SMILES string of the molecule is CCN(c1ccccc1)S(=O)(=O)c1ccc2c3c(cccc13)C(/C=C/C=C/C=c1/c3cccc4c(S(=O)(=O)N(CC)c5ccccc5)ccc(c43)n1CC)=[N+]2CC.CCOC(=O)CCn1\c(=C/C=C/C=C/C2=[N+](CCC(=O)OCC)c3cccc4cccc2c34)c2cccc3cccc1c32.F[P-](F)(F)(F)(F)F.[I-]. The van der Waals surface area contributed by atoms with Crippen molar-refractivity contribution < 1.29 is 94.2 Å².